The van der Waals surface area contributed by atoms with E-state index in [1.54, 1.807) is 0 Å². The Morgan fingerprint density at radius 1 is 1.18 bits per heavy atom. The van der Waals surface area contributed by atoms with Gasteiger partial charge in [0, 0.05) is 18.5 Å². The Morgan fingerprint density at radius 3 is 2.65 bits per heavy atom. The van der Waals surface area contributed by atoms with Gasteiger partial charge in [-0.2, -0.15) is 0 Å². The molecular weight excluding hydrogens is 209 g/mol. The first-order chi connectivity index (χ1) is 8.09. The van der Waals surface area contributed by atoms with Gasteiger partial charge in [0.25, 0.3) is 0 Å². The molecule has 2 fully saturated rings. The molecule has 3 unspecified atom stereocenters. The molecule has 2 nitrogen and oxygen atoms in total. The van der Waals surface area contributed by atoms with E-state index >= 15 is 0 Å². The van der Waals surface area contributed by atoms with Crippen LogP contribution in [0, 0.1) is 11.8 Å². The quantitative estimate of drug-likeness (QED) is 0.638. The topological polar surface area (TPSA) is 20.3 Å². The van der Waals surface area contributed by atoms with Crippen LogP contribution in [0.5, 0.6) is 0 Å². The van der Waals surface area contributed by atoms with Crippen molar-refractivity contribution in [3.63, 3.8) is 0 Å². The Bertz CT molecular complexity index is 279. The highest BCUT2D eigenvalue weighted by Crippen LogP contribution is 2.37. The molecule has 2 rings (SSSR count). The van der Waals surface area contributed by atoms with Crippen molar-refractivity contribution in [2.45, 2.75) is 64.2 Å². The first kappa shape index (κ1) is 13.0. The van der Waals surface area contributed by atoms with Gasteiger partial charge in [0.15, 0.2) is 0 Å². The van der Waals surface area contributed by atoms with E-state index in [1.807, 2.05) is 0 Å². The third-order valence-electron chi connectivity index (χ3n) is 4.78. The third kappa shape index (κ3) is 2.86. The number of carbonyl (C=O) groups is 1. The van der Waals surface area contributed by atoms with Gasteiger partial charge in [0.1, 0.15) is 7.85 Å². The third-order valence-corrected chi connectivity index (χ3v) is 4.78. The smallest absolute Gasteiger partial charge is 0.226 e. The summed E-state index contributed by atoms with van der Waals surface area (Å²) < 4.78 is 0. The molecule has 0 aromatic carbocycles. The van der Waals surface area contributed by atoms with E-state index in [4.69, 9.17) is 0 Å². The summed E-state index contributed by atoms with van der Waals surface area (Å²) in [6.07, 6.45) is 7.60. The second kappa shape index (κ2) is 5.45. The molecule has 17 heavy (non-hydrogen) atoms. The van der Waals surface area contributed by atoms with Crippen LogP contribution in [0.2, 0.25) is 5.82 Å². The minimum Gasteiger partial charge on any atom is -0.340 e. The van der Waals surface area contributed by atoms with E-state index in [0.717, 1.165) is 18.8 Å². The predicted octanol–water partition coefficient (Wildman–Crippen LogP) is 2.25. The van der Waals surface area contributed by atoms with Gasteiger partial charge in [0.2, 0.25) is 5.91 Å². The highest BCUT2D eigenvalue weighted by Gasteiger charge is 2.37. The van der Waals surface area contributed by atoms with Crippen LogP contribution in [0.15, 0.2) is 0 Å². The molecule has 0 bridgehead atoms. The number of hydrogen-bond acceptors (Lipinski definition) is 1. The molecule has 1 aliphatic carbocycles. The van der Waals surface area contributed by atoms with Crippen molar-refractivity contribution in [1.82, 2.24) is 4.90 Å². The van der Waals surface area contributed by atoms with Gasteiger partial charge in [0.05, 0.1) is 0 Å². The zero-order chi connectivity index (χ0) is 12.4. The van der Waals surface area contributed by atoms with E-state index in [9.17, 15) is 4.79 Å². The monoisotopic (exact) mass is 235 g/mol. The Balaban J connectivity index is 2.06. The van der Waals surface area contributed by atoms with E-state index in [1.165, 1.54) is 32.1 Å². The van der Waals surface area contributed by atoms with Gasteiger partial charge >= 0.3 is 0 Å². The molecule has 0 aromatic rings. The number of amides is 1. The fourth-order valence-electron chi connectivity index (χ4n) is 3.59. The van der Waals surface area contributed by atoms with Gasteiger partial charge in [-0.05, 0) is 39.0 Å². The number of rotatable bonds is 1. The lowest BCUT2D eigenvalue weighted by Gasteiger charge is -2.41. The number of fused-ring (bicyclic) bond motifs is 1. The molecule has 1 heterocycles. The summed E-state index contributed by atoms with van der Waals surface area (Å²) in [4.78, 5) is 14.6. The van der Waals surface area contributed by atoms with Crippen LogP contribution in [-0.4, -0.2) is 31.2 Å². The summed E-state index contributed by atoms with van der Waals surface area (Å²) in [5, 5.41) is 0. The van der Waals surface area contributed by atoms with Gasteiger partial charge in [-0.15, -0.1) is 0 Å². The second-order valence-electron chi connectivity index (χ2n) is 6.39. The van der Waals surface area contributed by atoms with Crippen molar-refractivity contribution < 1.29 is 4.79 Å². The van der Waals surface area contributed by atoms with Crippen molar-refractivity contribution in [3.8, 4) is 0 Å². The Kier molecular flexibility index (Phi) is 4.16. The highest BCUT2D eigenvalue weighted by atomic mass is 16.2. The molecule has 3 atom stereocenters. The minimum atomic E-state index is 0.342. The predicted molar refractivity (Wildman–Crippen MR) is 73.8 cm³/mol. The van der Waals surface area contributed by atoms with Gasteiger partial charge in [-0.1, -0.05) is 25.1 Å². The molecule has 1 aliphatic heterocycles. The number of nitrogens with zero attached hydrogens (tertiary/aromatic N) is 1. The molecule has 1 saturated carbocycles. The second-order valence-corrected chi connectivity index (χ2v) is 6.39. The van der Waals surface area contributed by atoms with Gasteiger partial charge < -0.3 is 4.90 Å². The fourth-order valence-corrected chi connectivity index (χ4v) is 3.59. The lowest BCUT2D eigenvalue weighted by molar-refractivity contribution is -0.144. The normalized spacial score (nSPS) is 35.4. The van der Waals surface area contributed by atoms with Crippen molar-refractivity contribution >= 4 is 13.8 Å². The average molecular weight is 235 g/mol. The molecule has 2 aliphatic rings. The lowest BCUT2D eigenvalue weighted by atomic mass is 9.70. The number of carbonyl (C=O) groups excluding carboxylic acids is 1. The SMILES string of the molecule is BC1CCCC2CCN(C(C)C)C(=O)C2CC1. The average Bonchev–Trinajstić information content (AvgIpc) is 2.24. The summed E-state index contributed by atoms with van der Waals surface area (Å²) in [5.74, 6) is 2.29. The largest absolute Gasteiger partial charge is 0.340 e. The molecule has 0 aromatic heterocycles. The Labute approximate surface area is 107 Å². The standard InChI is InChI=1S/C14H26BNO/c1-10(2)16-9-8-11-4-3-5-12(15)6-7-13(11)14(16)17/h10-13H,3-9,15H2,1-2H3. The molecule has 0 N–H and O–H groups in total. The minimum absolute atomic E-state index is 0.342. The molecule has 96 valence electrons. The molecule has 1 saturated heterocycles. The summed E-state index contributed by atoms with van der Waals surface area (Å²) >= 11 is 0. The van der Waals surface area contributed by atoms with Crippen LogP contribution >= 0.6 is 0 Å². The molecule has 0 radical (unpaired) electrons. The molecule has 0 spiro atoms. The molecule has 3 heteroatoms. The van der Waals surface area contributed by atoms with Crippen LogP contribution in [0.3, 0.4) is 0 Å². The summed E-state index contributed by atoms with van der Waals surface area (Å²) in [7, 11) is 2.34. The van der Waals surface area contributed by atoms with Crippen LogP contribution in [0.4, 0.5) is 0 Å². The van der Waals surface area contributed by atoms with Crippen molar-refractivity contribution in [3.05, 3.63) is 0 Å². The van der Waals surface area contributed by atoms with E-state index < -0.39 is 0 Å². The highest BCUT2D eigenvalue weighted by molar-refractivity contribution is 6.11. The first-order valence-electron chi connectivity index (χ1n) is 7.40. The summed E-state index contributed by atoms with van der Waals surface area (Å²) in [6, 6.07) is 0.381. The van der Waals surface area contributed by atoms with Crippen LogP contribution < -0.4 is 0 Å². The maximum atomic E-state index is 12.5. The van der Waals surface area contributed by atoms with E-state index in [2.05, 4.69) is 26.6 Å². The van der Waals surface area contributed by atoms with Gasteiger partial charge in [-0.3, -0.25) is 4.79 Å². The van der Waals surface area contributed by atoms with Crippen LogP contribution in [0.1, 0.15) is 52.4 Å². The number of piperidine rings is 1. The van der Waals surface area contributed by atoms with E-state index in [0.29, 0.717) is 23.8 Å². The number of hydrogen-bond donors (Lipinski definition) is 0. The van der Waals surface area contributed by atoms with Crippen molar-refractivity contribution in [2.24, 2.45) is 11.8 Å². The molecular formula is C14H26BNO. The van der Waals surface area contributed by atoms with Gasteiger partial charge in [-0.25, -0.2) is 0 Å². The zero-order valence-electron chi connectivity index (χ0n) is 11.6. The van der Waals surface area contributed by atoms with Crippen LogP contribution in [0.25, 0.3) is 0 Å². The van der Waals surface area contributed by atoms with Crippen molar-refractivity contribution in [1.29, 1.82) is 0 Å². The lowest BCUT2D eigenvalue weighted by Crippen LogP contribution is -2.48. The zero-order valence-corrected chi connectivity index (χ0v) is 11.6. The summed E-state index contributed by atoms with van der Waals surface area (Å²) in [6.45, 7) is 5.28. The Hall–Kier alpha value is -0.465. The summed E-state index contributed by atoms with van der Waals surface area (Å²) in [5.41, 5.74) is 0. The maximum absolute atomic E-state index is 12.5. The fraction of sp³-hybridized carbons (Fsp3) is 0.929. The van der Waals surface area contributed by atoms with Crippen molar-refractivity contribution in [2.75, 3.05) is 6.54 Å². The first-order valence-corrected chi connectivity index (χ1v) is 7.40. The van der Waals surface area contributed by atoms with E-state index in [-0.39, 0.29) is 0 Å². The van der Waals surface area contributed by atoms with Crippen LogP contribution in [-0.2, 0) is 4.79 Å². The molecule has 1 amide bonds. The maximum Gasteiger partial charge on any atom is 0.226 e. The number of likely N-dealkylation sites (tertiary alicyclic amines) is 1. The Morgan fingerprint density at radius 2 is 1.94 bits per heavy atom.